The van der Waals surface area contributed by atoms with Gasteiger partial charge in [0.2, 0.25) is 0 Å². The second-order valence-electron chi connectivity index (χ2n) is 2.56. The van der Waals surface area contributed by atoms with E-state index in [1.54, 1.807) is 6.07 Å². The number of hydrogen-bond acceptors (Lipinski definition) is 4. The Morgan fingerprint density at radius 2 is 2.21 bits per heavy atom. The van der Waals surface area contributed by atoms with Gasteiger partial charge in [-0.3, -0.25) is 0 Å². The summed E-state index contributed by atoms with van der Waals surface area (Å²) in [6.07, 6.45) is 0. The first kappa shape index (κ1) is 9.14. The van der Waals surface area contributed by atoms with E-state index in [-0.39, 0.29) is 5.75 Å². The van der Waals surface area contributed by atoms with Crippen molar-refractivity contribution in [1.82, 2.24) is 4.98 Å². The average Bonchev–Trinajstić information content (AvgIpc) is 2.42. The first-order valence-electron chi connectivity index (χ1n) is 3.76. The Labute approximate surface area is 82.1 Å². The number of fused-ring (bicyclic) bond motifs is 1. The van der Waals surface area contributed by atoms with E-state index >= 15 is 0 Å². The third-order valence-electron chi connectivity index (χ3n) is 1.60. The van der Waals surface area contributed by atoms with Crippen molar-refractivity contribution in [2.45, 2.75) is 6.61 Å². The van der Waals surface area contributed by atoms with Crippen molar-refractivity contribution in [3.63, 3.8) is 0 Å². The standard InChI is InChI=1S/C8H6F2N2OS/c9-7(10)13-4-1-2-6-5(3-4)12-8(11)14-6/h1-3,7H,(H2,11,12). The van der Waals surface area contributed by atoms with Gasteiger partial charge in [0.15, 0.2) is 5.13 Å². The molecule has 1 heterocycles. The minimum absolute atomic E-state index is 0.0952. The third-order valence-corrected chi connectivity index (χ3v) is 2.47. The molecule has 0 amide bonds. The Bertz CT molecular complexity index is 458. The molecule has 1 aromatic carbocycles. The van der Waals surface area contributed by atoms with Crippen molar-refractivity contribution in [1.29, 1.82) is 0 Å². The normalized spacial score (nSPS) is 11.1. The van der Waals surface area contributed by atoms with Crippen LogP contribution in [0.5, 0.6) is 5.75 Å². The molecule has 0 radical (unpaired) electrons. The predicted octanol–water partition coefficient (Wildman–Crippen LogP) is 2.48. The van der Waals surface area contributed by atoms with Crippen molar-refractivity contribution in [2.75, 3.05) is 5.73 Å². The van der Waals surface area contributed by atoms with E-state index in [4.69, 9.17) is 5.73 Å². The summed E-state index contributed by atoms with van der Waals surface area (Å²) in [6, 6.07) is 4.56. The minimum atomic E-state index is -2.82. The first-order chi connectivity index (χ1) is 6.65. The molecule has 0 spiro atoms. The number of ether oxygens (including phenoxy) is 1. The third kappa shape index (κ3) is 1.74. The van der Waals surface area contributed by atoms with E-state index in [1.165, 1.54) is 23.5 Å². The van der Waals surface area contributed by atoms with Crippen LogP contribution in [0, 0.1) is 0 Å². The molecular weight excluding hydrogens is 210 g/mol. The number of aromatic nitrogens is 1. The van der Waals surface area contributed by atoms with Crippen LogP contribution in [0.4, 0.5) is 13.9 Å². The molecule has 0 fully saturated rings. The minimum Gasteiger partial charge on any atom is -0.435 e. The fourth-order valence-corrected chi connectivity index (χ4v) is 1.82. The molecule has 0 aliphatic carbocycles. The van der Waals surface area contributed by atoms with Crippen LogP contribution in [0.2, 0.25) is 0 Å². The van der Waals surface area contributed by atoms with Crippen molar-refractivity contribution in [2.24, 2.45) is 0 Å². The van der Waals surface area contributed by atoms with E-state index in [0.717, 1.165) is 4.70 Å². The van der Waals surface area contributed by atoms with Gasteiger partial charge in [0.1, 0.15) is 5.75 Å². The summed E-state index contributed by atoms with van der Waals surface area (Å²) in [5.41, 5.74) is 6.04. The van der Waals surface area contributed by atoms with Gasteiger partial charge in [-0.25, -0.2) is 4.98 Å². The molecule has 6 heteroatoms. The highest BCUT2D eigenvalue weighted by molar-refractivity contribution is 7.22. The highest BCUT2D eigenvalue weighted by atomic mass is 32.1. The van der Waals surface area contributed by atoms with Crippen LogP contribution < -0.4 is 10.5 Å². The van der Waals surface area contributed by atoms with Gasteiger partial charge in [-0.05, 0) is 12.1 Å². The molecule has 14 heavy (non-hydrogen) atoms. The molecule has 2 aromatic rings. The van der Waals surface area contributed by atoms with Crippen molar-refractivity contribution in [3.8, 4) is 5.75 Å². The Morgan fingerprint density at radius 1 is 1.43 bits per heavy atom. The van der Waals surface area contributed by atoms with Crippen LogP contribution in [0.3, 0.4) is 0 Å². The van der Waals surface area contributed by atoms with Crippen molar-refractivity contribution in [3.05, 3.63) is 18.2 Å². The quantitative estimate of drug-likeness (QED) is 0.838. The lowest BCUT2D eigenvalue weighted by atomic mass is 10.3. The second kappa shape index (κ2) is 3.38. The predicted molar refractivity (Wildman–Crippen MR) is 50.7 cm³/mol. The average molecular weight is 216 g/mol. The summed E-state index contributed by atoms with van der Waals surface area (Å²) >= 11 is 1.30. The van der Waals surface area contributed by atoms with Gasteiger partial charge >= 0.3 is 6.61 Å². The second-order valence-corrected chi connectivity index (χ2v) is 3.62. The summed E-state index contributed by atoms with van der Waals surface area (Å²) in [5.74, 6) is 0.0952. The number of nitrogens with two attached hydrogens (primary N) is 1. The maximum absolute atomic E-state index is 11.9. The number of hydrogen-bond donors (Lipinski definition) is 1. The van der Waals surface area contributed by atoms with Crippen LogP contribution in [0.25, 0.3) is 10.2 Å². The van der Waals surface area contributed by atoms with Crippen LogP contribution in [0.15, 0.2) is 18.2 Å². The monoisotopic (exact) mass is 216 g/mol. The number of halogens is 2. The number of rotatable bonds is 2. The van der Waals surface area contributed by atoms with E-state index in [0.29, 0.717) is 10.6 Å². The molecule has 0 saturated heterocycles. The van der Waals surface area contributed by atoms with Crippen molar-refractivity contribution < 1.29 is 13.5 Å². The van der Waals surface area contributed by atoms with Gasteiger partial charge in [-0.15, -0.1) is 0 Å². The lowest BCUT2D eigenvalue weighted by Gasteiger charge is -2.02. The topological polar surface area (TPSA) is 48.1 Å². The summed E-state index contributed by atoms with van der Waals surface area (Å²) in [6.45, 7) is -2.82. The molecule has 2 rings (SSSR count). The number of benzene rings is 1. The number of thiazole rings is 1. The van der Waals surface area contributed by atoms with Gasteiger partial charge in [0, 0.05) is 6.07 Å². The molecule has 0 saturated carbocycles. The Balaban J connectivity index is 2.40. The largest absolute Gasteiger partial charge is 0.435 e. The Hall–Kier alpha value is -1.43. The highest BCUT2D eigenvalue weighted by Gasteiger charge is 2.06. The number of alkyl halides is 2. The number of anilines is 1. The maximum Gasteiger partial charge on any atom is 0.387 e. The maximum atomic E-state index is 11.9. The van der Waals surface area contributed by atoms with Gasteiger partial charge in [-0.1, -0.05) is 11.3 Å². The fourth-order valence-electron chi connectivity index (χ4n) is 1.10. The van der Waals surface area contributed by atoms with Crippen molar-refractivity contribution >= 4 is 26.7 Å². The zero-order chi connectivity index (χ0) is 10.1. The molecule has 0 unspecified atom stereocenters. The lowest BCUT2D eigenvalue weighted by Crippen LogP contribution is -2.01. The summed E-state index contributed by atoms with van der Waals surface area (Å²) in [7, 11) is 0. The summed E-state index contributed by atoms with van der Waals surface area (Å²) in [4.78, 5) is 3.95. The SMILES string of the molecule is Nc1nc2cc(OC(F)F)ccc2s1. The fraction of sp³-hybridized carbons (Fsp3) is 0.125. The molecule has 74 valence electrons. The zero-order valence-corrected chi connectivity index (χ0v) is 7.72. The van der Waals surface area contributed by atoms with Crippen LogP contribution in [0.1, 0.15) is 0 Å². The Morgan fingerprint density at radius 3 is 2.93 bits per heavy atom. The van der Waals surface area contributed by atoms with E-state index in [1.807, 2.05) is 0 Å². The van der Waals surface area contributed by atoms with Crippen LogP contribution >= 0.6 is 11.3 Å². The zero-order valence-electron chi connectivity index (χ0n) is 6.91. The van der Waals surface area contributed by atoms with Gasteiger partial charge in [0.25, 0.3) is 0 Å². The molecule has 0 bridgehead atoms. The number of nitrogens with zero attached hydrogens (tertiary/aromatic N) is 1. The Kier molecular flexibility index (Phi) is 2.20. The molecule has 0 aliphatic rings. The smallest absolute Gasteiger partial charge is 0.387 e. The van der Waals surface area contributed by atoms with Gasteiger partial charge < -0.3 is 10.5 Å². The molecule has 0 aliphatic heterocycles. The molecule has 0 atom stereocenters. The molecule has 3 nitrogen and oxygen atoms in total. The van der Waals surface area contributed by atoms with Gasteiger partial charge in [-0.2, -0.15) is 8.78 Å². The molecule has 1 aromatic heterocycles. The van der Waals surface area contributed by atoms with E-state index in [2.05, 4.69) is 9.72 Å². The van der Waals surface area contributed by atoms with Crippen LogP contribution in [-0.2, 0) is 0 Å². The summed E-state index contributed by atoms with van der Waals surface area (Å²) in [5, 5.41) is 0.411. The van der Waals surface area contributed by atoms with Gasteiger partial charge in [0.05, 0.1) is 10.2 Å². The molecule has 2 N–H and O–H groups in total. The molecular formula is C8H6F2N2OS. The van der Waals surface area contributed by atoms with Crippen LogP contribution in [-0.4, -0.2) is 11.6 Å². The van der Waals surface area contributed by atoms with E-state index in [9.17, 15) is 8.78 Å². The first-order valence-corrected chi connectivity index (χ1v) is 4.57. The number of nitrogen functional groups attached to an aromatic ring is 1. The highest BCUT2D eigenvalue weighted by Crippen LogP contribution is 2.27. The summed E-state index contributed by atoms with van der Waals surface area (Å²) < 4.78 is 28.8. The van der Waals surface area contributed by atoms with E-state index < -0.39 is 6.61 Å². The lowest BCUT2D eigenvalue weighted by molar-refractivity contribution is -0.0497.